The van der Waals surface area contributed by atoms with Crippen molar-refractivity contribution in [3.8, 4) is 5.75 Å². The first-order valence-corrected chi connectivity index (χ1v) is 23.1. The molecule has 5 heterocycles. The minimum atomic E-state index is -2.83. The molecule has 67 heavy (non-hydrogen) atoms. The number of rotatable bonds is 9. The molecular weight excluding hydrogens is 877 g/mol. The number of ketones is 5. The summed E-state index contributed by atoms with van der Waals surface area (Å²) in [6.07, 6.45) is -0.115. The van der Waals surface area contributed by atoms with Gasteiger partial charge in [0.15, 0.2) is 59.7 Å². The smallest absolute Gasteiger partial charge is 0.198 e. The molecule has 5 aliphatic heterocycles. The Labute approximate surface area is 386 Å². The number of phenolic OH excluding ortho intramolecular Hbond substituents is 1. The number of benzene rings is 1. The number of carbonyl (C=O) groups excluding carboxylic acids is 5. The van der Waals surface area contributed by atoms with Crippen LogP contribution in [0.5, 0.6) is 5.75 Å². The van der Waals surface area contributed by atoms with Crippen molar-refractivity contribution >= 4 is 28.9 Å². The van der Waals surface area contributed by atoms with Gasteiger partial charge in [-0.15, -0.1) is 0 Å². The number of aliphatic hydroxyl groups excluding tert-OH is 1. The van der Waals surface area contributed by atoms with Crippen LogP contribution in [0.1, 0.15) is 119 Å². The maximum Gasteiger partial charge on any atom is 0.198 e. The first-order valence-electron chi connectivity index (χ1n) is 23.1. The molecule has 362 valence electrons. The third-order valence-corrected chi connectivity index (χ3v) is 14.4. The van der Waals surface area contributed by atoms with Crippen molar-refractivity contribution in [2.24, 2.45) is 0 Å². The van der Waals surface area contributed by atoms with Crippen molar-refractivity contribution < 1.29 is 87.0 Å². The molecule has 0 amide bonds. The summed E-state index contributed by atoms with van der Waals surface area (Å²) in [6.45, 7) is 10.2. The van der Waals surface area contributed by atoms with Crippen LogP contribution in [0.15, 0.2) is 59.7 Å². The Kier molecular flexibility index (Phi) is 12.9. The van der Waals surface area contributed by atoms with Gasteiger partial charge in [0.05, 0.1) is 59.5 Å². The Balaban J connectivity index is 0.843. The van der Waals surface area contributed by atoms with Crippen LogP contribution in [0.25, 0.3) is 0 Å². The number of aromatic hydroxyl groups is 1. The van der Waals surface area contributed by atoms with Gasteiger partial charge < -0.3 is 63.1 Å². The van der Waals surface area contributed by atoms with Gasteiger partial charge in [-0.3, -0.25) is 24.0 Å². The van der Waals surface area contributed by atoms with Crippen LogP contribution in [-0.2, 0) is 57.0 Å². The zero-order valence-electron chi connectivity index (χ0n) is 38.2. The molecular formula is C49H58O18. The van der Waals surface area contributed by atoms with Crippen LogP contribution in [0.4, 0.5) is 0 Å². The van der Waals surface area contributed by atoms with E-state index in [1.807, 2.05) is 6.92 Å². The van der Waals surface area contributed by atoms with Crippen LogP contribution in [0, 0.1) is 0 Å². The van der Waals surface area contributed by atoms with Crippen molar-refractivity contribution in [1.82, 2.24) is 0 Å². The number of fused-ring (bicyclic) bond motifs is 3. The van der Waals surface area contributed by atoms with Crippen molar-refractivity contribution in [3.63, 3.8) is 0 Å². The molecule has 1 unspecified atom stereocenters. The maximum atomic E-state index is 14.4. The molecule has 18 nitrogen and oxygen atoms in total. The highest BCUT2D eigenvalue weighted by atomic mass is 16.7. The van der Waals surface area contributed by atoms with Crippen LogP contribution in [0.2, 0.25) is 0 Å². The van der Waals surface area contributed by atoms with E-state index in [1.165, 1.54) is 30.4 Å². The van der Waals surface area contributed by atoms with Gasteiger partial charge in [-0.1, -0.05) is 12.1 Å². The Morgan fingerprint density at radius 2 is 1.30 bits per heavy atom. The zero-order valence-corrected chi connectivity index (χ0v) is 38.2. The number of allylic oxidation sites excluding steroid dienone is 2. The van der Waals surface area contributed by atoms with E-state index in [4.69, 9.17) is 42.6 Å². The second-order valence-corrected chi connectivity index (χ2v) is 19.3. The predicted molar refractivity (Wildman–Crippen MR) is 229 cm³/mol. The van der Waals surface area contributed by atoms with Crippen LogP contribution >= 0.6 is 0 Å². The fourth-order valence-electron chi connectivity index (χ4n) is 10.7. The lowest BCUT2D eigenvalue weighted by atomic mass is 9.57. The number of phenols is 1. The molecule has 0 bridgehead atoms. The van der Waals surface area contributed by atoms with Gasteiger partial charge >= 0.3 is 0 Å². The number of Topliss-reactive ketones (excluding diaryl/α,β-unsaturated/α-hetero) is 3. The molecule has 0 radical (unpaired) electrons. The van der Waals surface area contributed by atoms with Crippen molar-refractivity contribution in [3.05, 3.63) is 76.4 Å². The van der Waals surface area contributed by atoms with Crippen LogP contribution < -0.4 is 0 Å². The minimum Gasteiger partial charge on any atom is -0.507 e. The molecule has 4 fully saturated rings. The third-order valence-electron chi connectivity index (χ3n) is 14.4. The molecule has 1 aromatic rings. The summed E-state index contributed by atoms with van der Waals surface area (Å²) in [5.41, 5.74) is -8.05. The highest BCUT2D eigenvalue weighted by Gasteiger charge is 2.67. The molecule has 0 aromatic heterocycles. The van der Waals surface area contributed by atoms with Gasteiger partial charge in [-0.2, -0.15) is 0 Å². The third kappa shape index (κ3) is 8.67. The second-order valence-electron chi connectivity index (χ2n) is 19.3. The maximum absolute atomic E-state index is 14.4. The number of aliphatic hydroxyl groups is 3. The largest absolute Gasteiger partial charge is 0.507 e. The van der Waals surface area contributed by atoms with E-state index >= 15 is 0 Å². The van der Waals surface area contributed by atoms with Gasteiger partial charge in [0.2, 0.25) is 0 Å². The molecule has 3 saturated heterocycles. The van der Waals surface area contributed by atoms with Crippen molar-refractivity contribution in [2.75, 3.05) is 0 Å². The SMILES string of the molecule is C[C@@H]1O[C@@H](O[C@H]2CC[C@H](O[C@H]3[C@H](O)CC(c4ccc5c(c4O)C(=O)C4=C(C5=O)[C@@]5(O)C(=O)C[C@](C)(O[C@H]6CC[C@H](O[C@H]7C=CC(=O)[C@H](C)O7)[C@H](C)O6)C[C@@]5(O)C=C4)O[C@@H]3C)O[C@H]2C)C=CC1=O. The van der Waals surface area contributed by atoms with Crippen LogP contribution in [0.3, 0.4) is 0 Å². The quantitative estimate of drug-likeness (QED) is 0.277. The van der Waals surface area contributed by atoms with E-state index in [1.54, 1.807) is 46.8 Å². The summed E-state index contributed by atoms with van der Waals surface area (Å²) in [6, 6.07) is 2.70. The van der Waals surface area contributed by atoms with E-state index in [2.05, 4.69) is 0 Å². The fourth-order valence-corrected chi connectivity index (χ4v) is 10.7. The summed E-state index contributed by atoms with van der Waals surface area (Å²) in [5.74, 6) is -3.57. The molecule has 8 aliphatic rings. The Morgan fingerprint density at radius 1 is 0.701 bits per heavy atom. The summed E-state index contributed by atoms with van der Waals surface area (Å²) in [7, 11) is 0. The predicted octanol–water partition coefficient (Wildman–Crippen LogP) is 3.39. The lowest BCUT2D eigenvalue weighted by Gasteiger charge is -2.53. The number of hydrogen-bond acceptors (Lipinski definition) is 18. The molecule has 18 heteroatoms. The van der Waals surface area contributed by atoms with Gasteiger partial charge in [0.25, 0.3) is 0 Å². The van der Waals surface area contributed by atoms with E-state index in [0.29, 0.717) is 25.7 Å². The van der Waals surface area contributed by atoms with E-state index < -0.39 is 132 Å². The fraction of sp³-hybridized carbons (Fsp3) is 0.612. The van der Waals surface area contributed by atoms with Gasteiger partial charge in [0.1, 0.15) is 29.7 Å². The standard InChI is InChI=1S/C49H58O18/c1-22-30(50)9-13-37(60-22)64-33-11-15-39(62-24(33)3)66-46-26(5)59-35(19-32(46)52)27-7-8-28-41(43(27)54)44(55)29-17-18-48(57)21-47(6,20-36(53)49(48,58)42(29)45(28)56)67-40-16-12-34(25(4)63-40)65-38-14-10-31(51)23(2)61-38/h7-10,13-14,17-18,22-26,32-35,37-40,46,52,54,57-58H,11-12,15-16,19-21H2,1-6H3/t22-,23-,24-,25-,26+,32+,33-,34-,35?,37-,38-,39-,40-,46+,47-,48-,49-/m0/s1. The van der Waals surface area contributed by atoms with Gasteiger partial charge in [-0.05, 0) is 90.8 Å². The number of ether oxygens (including phenoxy) is 9. The van der Waals surface area contributed by atoms with Crippen molar-refractivity contribution in [1.29, 1.82) is 0 Å². The summed E-state index contributed by atoms with van der Waals surface area (Å²) < 4.78 is 54.4. The van der Waals surface area contributed by atoms with E-state index in [-0.39, 0.29) is 52.8 Å². The molecule has 17 atom stereocenters. The number of hydrogen-bond donors (Lipinski definition) is 4. The monoisotopic (exact) mass is 934 g/mol. The average Bonchev–Trinajstić information content (AvgIpc) is 3.26. The number of carbonyl (C=O) groups is 5. The first kappa shape index (κ1) is 47.9. The molecule has 0 spiro atoms. The highest BCUT2D eigenvalue weighted by Crippen LogP contribution is 2.53. The summed E-state index contributed by atoms with van der Waals surface area (Å²) in [5, 5.41) is 47.6. The molecule has 1 saturated carbocycles. The molecule has 3 aliphatic carbocycles. The summed E-state index contributed by atoms with van der Waals surface area (Å²) >= 11 is 0. The molecule has 1 aromatic carbocycles. The average molecular weight is 935 g/mol. The van der Waals surface area contributed by atoms with Gasteiger partial charge in [-0.25, -0.2) is 0 Å². The van der Waals surface area contributed by atoms with Crippen LogP contribution in [-0.4, -0.2) is 146 Å². The second kappa shape index (κ2) is 18.0. The van der Waals surface area contributed by atoms with E-state index in [9.17, 15) is 44.4 Å². The molecule has 9 rings (SSSR count). The zero-order chi connectivity index (χ0) is 47.9. The van der Waals surface area contributed by atoms with Crippen molar-refractivity contribution in [2.45, 2.75) is 189 Å². The Bertz CT molecular complexity index is 2320. The lowest BCUT2D eigenvalue weighted by Crippen LogP contribution is -2.69. The van der Waals surface area contributed by atoms with Gasteiger partial charge in [0, 0.05) is 48.8 Å². The van der Waals surface area contributed by atoms with E-state index in [0.717, 1.165) is 6.08 Å². The topological polar surface area (TPSA) is 249 Å². The Morgan fingerprint density at radius 3 is 1.88 bits per heavy atom. The lowest BCUT2D eigenvalue weighted by molar-refractivity contribution is -0.292. The first-order chi connectivity index (χ1) is 31.7. The normalized spacial score (nSPS) is 43.3. The highest BCUT2D eigenvalue weighted by molar-refractivity contribution is 6.32. The Hall–Kier alpha value is -4.15. The summed E-state index contributed by atoms with van der Waals surface area (Å²) in [4.78, 5) is 66.5. The minimum absolute atomic E-state index is 0.0512. The molecule has 4 N–H and O–H groups in total.